The van der Waals surface area contributed by atoms with Gasteiger partial charge >= 0.3 is 0 Å². The predicted octanol–water partition coefficient (Wildman–Crippen LogP) is 2.47. The van der Waals surface area contributed by atoms with E-state index in [1.54, 1.807) is 24.4 Å². The molecule has 1 aromatic heterocycles. The van der Waals surface area contributed by atoms with Crippen LogP contribution < -0.4 is 15.8 Å². The van der Waals surface area contributed by atoms with Gasteiger partial charge in [0.05, 0.1) is 4.90 Å². The second-order valence-corrected chi connectivity index (χ2v) is 11.3. The zero-order valence-corrected chi connectivity index (χ0v) is 19.2. The van der Waals surface area contributed by atoms with E-state index in [1.807, 2.05) is 0 Å². The summed E-state index contributed by atoms with van der Waals surface area (Å²) >= 11 is 3.26. The summed E-state index contributed by atoms with van der Waals surface area (Å²) in [6.45, 7) is 0. The average molecular weight is 508 g/mol. The number of primary amides is 1. The molecule has 0 bridgehead atoms. The van der Waals surface area contributed by atoms with Crippen molar-refractivity contribution in [3.63, 3.8) is 0 Å². The number of nitrogens with two attached hydrogens (primary N) is 1. The highest BCUT2D eigenvalue weighted by molar-refractivity contribution is 9.10. The van der Waals surface area contributed by atoms with Crippen molar-refractivity contribution in [1.29, 1.82) is 0 Å². The molecule has 1 aromatic carbocycles. The van der Waals surface area contributed by atoms with Crippen LogP contribution in [0.25, 0.3) is 0 Å². The molecule has 2 amide bonds. The number of halogens is 1. The number of pyridine rings is 1. The minimum atomic E-state index is -3.41. The van der Waals surface area contributed by atoms with Gasteiger partial charge in [-0.15, -0.1) is 0 Å². The molecule has 2 saturated carbocycles. The molecule has 3 N–H and O–H groups in total. The van der Waals surface area contributed by atoms with Crippen LogP contribution in [-0.4, -0.2) is 43.6 Å². The Balaban J connectivity index is 1.31. The van der Waals surface area contributed by atoms with Gasteiger partial charge in [0.25, 0.3) is 11.8 Å². The molecule has 2 aliphatic carbocycles. The van der Waals surface area contributed by atoms with Gasteiger partial charge < -0.3 is 15.8 Å². The lowest BCUT2D eigenvalue weighted by molar-refractivity contribution is -0.0848. The molecular weight excluding hydrogens is 486 g/mol. The fourth-order valence-electron chi connectivity index (χ4n) is 4.42. The van der Waals surface area contributed by atoms with Crippen LogP contribution in [0.1, 0.15) is 46.4 Å². The predicted molar refractivity (Wildman–Crippen MR) is 117 cm³/mol. The highest BCUT2D eigenvalue weighted by atomic mass is 79.9. The highest BCUT2D eigenvalue weighted by Crippen LogP contribution is 2.56. The number of nitrogens with zero attached hydrogens (tertiary/aromatic N) is 1. The number of rotatable bonds is 6. The van der Waals surface area contributed by atoms with E-state index >= 15 is 0 Å². The summed E-state index contributed by atoms with van der Waals surface area (Å²) in [5.41, 5.74) is 6.06. The number of nitrogens with one attached hydrogen (secondary N) is 1. The van der Waals surface area contributed by atoms with Crippen LogP contribution in [0.4, 0.5) is 0 Å². The number of carbonyl (C=O) groups excluding carboxylic acids is 2. The molecule has 0 saturated heterocycles. The Hall–Kier alpha value is -2.46. The normalized spacial score (nSPS) is 24.7. The molecule has 0 atom stereocenters. The molecule has 164 valence electrons. The summed E-state index contributed by atoms with van der Waals surface area (Å²) in [6, 6.07) is 7.73. The Morgan fingerprint density at radius 3 is 2.58 bits per heavy atom. The fraction of sp³-hybridized carbons (Fsp3) is 0.381. The molecule has 0 unspecified atom stereocenters. The Bertz CT molecular complexity index is 1150. The van der Waals surface area contributed by atoms with Crippen molar-refractivity contribution in [3.8, 4) is 5.88 Å². The van der Waals surface area contributed by atoms with E-state index in [-0.39, 0.29) is 39.8 Å². The molecule has 0 radical (unpaired) electrons. The van der Waals surface area contributed by atoms with Crippen molar-refractivity contribution in [3.05, 3.63) is 52.1 Å². The largest absolute Gasteiger partial charge is 0.474 e. The summed E-state index contributed by atoms with van der Waals surface area (Å²) < 4.78 is 30.0. The number of amides is 2. The lowest BCUT2D eigenvalue weighted by Gasteiger charge is -2.57. The fourth-order valence-corrected chi connectivity index (χ4v) is 5.74. The maximum atomic E-state index is 12.6. The van der Waals surface area contributed by atoms with Crippen LogP contribution in [0.2, 0.25) is 0 Å². The molecule has 10 heteroatoms. The molecule has 0 aliphatic heterocycles. The maximum Gasteiger partial charge on any atom is 0.254 e. The molecule has 8 nitrogen and oxygen atoms in total. The number of hydrogen-bond acceptors (Lipinski definition) is 6. The topological polar surface area (TPSA) is 128 Å². The lowest BCUT2D eigenvalue weighted by atomic mass is 9.53. The molecule has 2 aromatic rings. The minimum Gasteiger partial charge on any atom is -0.474 e. The van der Waals surface area contributed by atoms with E-state index in [1.165, 1.54) is 12.1 Å². The van der Waals surface area contributed by atoms with Crippen LogP contribution in [-0.2, 0) is 9.84 Å². The van der Waals surface area contributed by atoms with E-state index in [4.69, 9.17) is 10.5 Å². The Kier molecular flexibility index (Phi) is 5.55. The number of ether oxygens (including phenoxy) is 1. The van der Waals surface area contributed by atoms with Crippen LogP contribution in [0.5, 0.6) is 5.88 Å². The number of benzene rings is 1. The number of hydrogen-bond donors (Lipinski definition) is 2. The van der Waals surface area contributed by atoms with Gasteiger partial charge in [-0.1, -0.05) is 15.9 Å². The summed E-state index contributed by atoms with van der Waals surface area (Å²) in [6.07, 6.45) is 5.94. The Morgan fingerprint density at radius 2 is 1.94 bits per heavy atom. The zero-order chi connectivity index (χ0) is 22.4. The van der Waals surface area contributed by atoms with Gasteiger partial charge in [0, 0.05) is 28.5 Å². The summed E-state index contributed by atoms with van der Waals surface area (Å²) in [4.78, 5) is 28.3. The van der Waals surface area contributed by atoms with Gasteiger partial charge in [0.15, 0.2) is 9.84 Å². The van der Waals surface area contributed by atoms with Gasteiger partial charge in [0.2, 0.25) is 5.88 Å². The standard InChI is InChI=1S/C21H22BrN3O5S/c1-31(28,29)16-6-12(5-13(22)7-16)19(27)25-14-8-21(9-14)10-15(11-21)30-20-17(18(23)26)3-2-4-24-20/h2-7,14-15H,8-11H2,1H3,(H2,23,26)(H,25,27). The van der Waals surface area contributed by atoms with Crippen molar-refractivity contribution in [2.45, 2.75) is 42.7 Å². The van der Waals surface area contributed by atoms with E-state index in [0.717, 1.165) is 31.9 Å². The van der Waals surface area contributed by atoms with E-state index in [2.05, 4.69) is 26.2 Å². The Morgan fingerprint density at radius 1 is 1.23 bits per heavy atom. The third-order valence-electron chi connectivity index (χ3n) is 5.89. The van der Waals surface area contributed by atoms with E-state index in [0.29, 0.717) is 10.0 Å². The lowest BCUT2D eigenvalue weighted by Crippen LogP contribution is -2.58. The minimum absolute atomic E-state index is 0.0325. The zero-order valence-electron chi connectivity index (χ0n) is 16.8. The van der Waals surface area contributed by atoms with Crippen LogP contribution in [0.15, 0.2) is 45.9 Å². The van der Waals surface area contributed by atoms with Crippen molar-refractivity contribution < 1.29 is 22.7 Å². The van der Waals surface area contributed by atoms with Gasteiger partial charge in [-0.3, -0.25) is 9.59 Å². The molecule has 31 heavy (non-hydrogen) atoms. The second kappa shape index (κ2) is 7.90. The SMILES string of the molecule is CS(=O)(=O)c1cc(Br)cc(C(=O)NC2CC3(C2)CC(Oc2ncccc2C(N)=O)C3)c1. The van der Waals surface area contributed by atoms with Crippen LogP contribution in [0.3, 0.4) is 0 Å². The van der Waals surface area contributed by atoms with Gasteiger partial charge in [-0.25, -0.2) is 13.4 Å². The van der Waals surface area contributed by atoms with E-state index < -0.39 is 15.7 Å². The van der Waals surface area contributed by atoms with Crippen molar-refractivity contribution in [1.82, 2.24) is 10.3 Å². The molecule has 2 fully saturated rings. The first-order chi connectivity index (χ1) is 14.5. The molecule has 1 heterocycles. The quantitative estimate of drug-likeness (QED) is 0.617. The molecule has 4 rings (SSSR count). The van der Waals surface area contributed by atoms with Crippen molar-refractivity contribution >= 4 is 37.6 Å². The average Bonchev–Trinajstić information content (AvgIpc) is 2.63. The first-order valence-corrected chi connectivity index (χ1v) is 12.5. The monoisotopic (exact) mass is 507 g/mol. The summed E-state index contributed by atoms with van der Waals surface area (Å²) in [5.74, 6) is -0.608. The number of carbonyl (C=O) groups is 2. The third-order valence-corrected chi connectivity index (χ3v) is 7.44. The number of sulfone groups is 1. The third kappa shape index (κ3) is 4.59. The van der Waals surface area contributed by atoms with Gasteiger partial charge in [-0.2, -0.15) is 0 Å². The Labute approximate surface area is 188 Å². The maximum absolute atomic E-state index is 12.6. The van der Waals surface area contributed by atoms with Crippen molar-refractivity contribution in [2.24, 2.45) is 11.1 Å². The molecular formula is C21H22BrN3O5S. The first-order valence-electron chi connectivity index (χ1n) is 9.78. The van der Waals surface area contributed by atoms with Gasteiger partial charge in [0.1, 0.15) is 11.7 Å². The van der Waals surface area contributed by atoms with Crippen molar-refractivity contribution in [2.75, 3.05) is 6.26 Å². The highest BCUT2D eigenvalue weighted by Gasteiger charge is 2.54. The smallest absolute Gasteiger partial charge is 0.254 e. The summed E-state index contributed by atoms with van der Waals surface area (Å²) in [7, 11) is -3.41. The van der Waals surface area contributed by atoms with Crippen LogP contribution in [0, 0.1) is 5.41 Å². The first kappa shape index (κ1) is 21.8. The second-order valence-electron chi connectivity index (χ2n) is 8.39. The summed E-state index contributed by atoms with van der Waals surface area (Å²) in [5, 5.41) is 2.98. The van der Waals surface area contributed by atoms with Gasteiger partial charge in [-0.05, 0) is 61.4 Å². The molecule has 1 spiro atoms. The van der Waals surface area contributed by atoms with E-state index in [9.17, 15) is 18.0 Å². The number of aromatic nitrogens is 1. The van der Waals surface area contributed by atoms with Crippen LogP contribution >= 0.6 is 15.9 Å². The molecule has 2 aliphatic rings.